The van der Waals surface area contributed by atoms with Crippen molar-refractivity contribution in [2.45, 2.75) is 33.7 Å². The van der Waals surface area contributed by atoms with Crippen molar-refractivity contribution in [2.24, 2.45) is 11.8 Å². The predicted octanol–water partition coefficient (Wildman–Crippen LogP) is 0.241. The average molecular weight is 447 g/mol. The lowest BCUT2D eigenvalue weighted by atomic mass is 9.92. The van der Waals surface area contributed by atoms with E-state index in [-0.39, 0.29) is 23.9 Å². The van der Waals surface area contributed by atoms with Gasteiger partial charge in [-0.1, -0.05) is 13.8 Å². The van der Waals surface area contributed by atoms with E-state index < -0.39 is 0 Å². The number of nitrogens with zero attached hydrogens (tertiary/aromatic N) is 4. The standard InChI is InChI=1S/C22H31N5O3S/c1-14-9-15(2)11-26(10-14)17(28)12-27-13-23-20-18(21(27)29)16(3)19(31-20)22(30)25-7-5-24(4)6-8-25/h13-15H,5-12H2,1-4H3/p+1. The van der Waals surface area contributed by atoms with Crippen LogP contribution in [0.5, 0.6) is 0 Å². The van der Waals surface area contributed by atoms with E-state index in [4.69, 9.17) is 0 Å². The van der Waals surface area contributed by atoms with E-state index in [9.17, 15) is 14.4 Å². The van der Waals surface area contributed by atoms with E-state index >= 15 is 0 Å². The van der Waals surface area contributed by atoms with Crippen LogP contribution in [0.1, 0.15) is 35.5 Å². The smallest absolute Gasteiger partial charge is 0.264 e. The van der Waals surface area contributed by atoms with Crippen molar-refractivity contribution in [1.82, 2.24) is 19.4 Å². The lowest BCUT2D eigenvalue weighted by molar-refractivity contribution is -0.883. The number of carbonyl (C=O) groups excluding carboxylic acids is 2. The quantitative estimate of drug-likeness (QED) is 0.733. The summed E-state index contributed by atoms with van der Waals surface area (Å²) in [5.74, 6) is 0.861. The maximum atomic E-state index is 13.2. The number of nitrogens with one attached hydrogen (secondary N) is 1. The second-order valence-corrected chi connectivity index (χ2v) is 10.4. The number of carbonyl (C=O) groups is 2. The largest absolute Gasteiger partial charge is 0.341 e. The summed E-state index contributed by atoms with van der Waals surface area (Å²) < 4.78 is 1.39. The number of rotatable bonds is 3. The van der Waals surface area contributed by atoms with Crippen LogP contribution in [0.2, 0.25) is 0 Å². The van der Waals surface area contributed by atoms with Gasteiger partial charge in [-0.15, -0.1) is 11.3 Å². The van der Waals surface area contributed by atoms with Gasteiger partial charge >= 0.3 is 0 Å². The van der Waals surface area contributed by atoms with Crippen LogP contribution in [0.25, 0.3) is 10.2 Å². The fourth-order valence-electron chi connectivity index (χ4n) is 4.82. The van der Waals surface area contributed by atoms with Gasteiger partial charge in [0.15, 0.2) is 0 Å². The fourth-order valence-corrected chi connectivity index (χ4v) is 5.93. The molecule has 0 bridgehead atoms. The molecule has 2 aromatic rings. The molecule has 4 rings (SSSR count). The molecule has 2 unspecified atom stereocenters. The number of aryl methyl sites for hydroxylation is 1. The molecule has 168 valence electrons. The molecule has 2 amide bonds. The van der Waals surface area contributed by atoms with Gasteiger partial charge in [-0.05, 0) is 30.7 Å². The molecule has 0 aliphatic carbocycles. The molecule has 9 heteroatoms. The minimum absolute atomic E-state index is 0.0129. The third-order valence-corrected chi connectivity index (χ3v) is 7.73. The van der Waals surface area contributed by atoms with Crippen molar-refractivity contribution < 1.29 is 14.5 Å². The second-order valence-electron chi connectivity index (χ2n) is 9.41. The molecule has 0 spiro atoms. The van der Waals surface area contributed by atoms with E-state index in [0.29, 0.717) is 32.5 Å². The lowest BCUT2D eigenvalue weighted by Crippen LogP contribution is -3.12. The molecule has 4 heterocycles. The number of fused-ring (bicyclic) bond motifs is 1. The third kappa shape index (κ3) is 4.39. The molecule has 2 atom stereocenters. The first-order chi connectivity index (χ1) is 14.7. The summed E-state index contributed by atoms with van der Waals surface area (Å²) in [6.45, 7) is 10.9. The fraction of sp³-hybridized carbons (Fsp3) is 0.636. The number of likely N-dealkylation sites (tertiary alicyclic amines) is 1. The molecule has 0 saturated carbocycles. The van der Waals surface area contributed by atoms with Gasteiger partial charge in [0.05, 0.1) is 49.8 Å². The number of hydrogen-bond acceptors (Lipinski definition) is 5. The summed E-state index contributed by atoms with van der Waals surface area (Å²) in [7, 11) is 2.13. The van der Waals surface area contributed by atoms with Gasteiger partial charge in [0.25, 0.3) is 11.5 Å². The molecule has 2 fully saturated rings. The first-order valence-corrected chi connectivity index (χ1v) is 11.9. The highest BCUT2D eigenvalue weighted by Gasteiger charge is 2.28. The van der Waals surface area contributed by atoms with Crippen LogP contribution in [0.15, 0.2) is 11.1 Å². The van der Waals surface area contributed by atoms with Crippen LogP contribution in [-0.4, -0.2) is 77.5 Å². The van der Waals surface area contributed by atoms with E-state index in [1.807, 2.05) is 16.7 Å². The normalized spacial score (nSPS) is 22.8. The molecular formula is C22H32N5O3S+. The highest BCUT2D eigenvalue weighted by atomic mass is 32.1. The molecule has 2 aromatic heterocycles. The number of piperidine rings is 1. The SMILES string of the molecule is Cc1c(C(=O)N2CC[NH+](C)CC2)sc2ncn(CC(=O)N3CC(C)CC(C)C3)c(=O)c12. The zero-order valence-electron chi connectivity index (χ0n) is 18.8. The van der Waals surface area contributed by atoms with Gasteiger partial charge in [0.1, 0.15) is 11.4 Å². The molecule has 31 heavy (non-hydrogen) atoms. The van der Waals surface area contributed by atoms with Crippen molar-refractivity contribution >= 4 is 33.4 Å². The number of piperazine rings is 1. The Morgan fingerprint density at radius 2 is 1.81 bits per heavy atom. The summed E-state index contributed by atoms with van der Waals surface area (Å²) in [4.78, 5) is 49.8. The Labute approximate surface area is 186 Å². The van der Waals surface area contributed by atoms with Crippen molar-refractivity contribution in [3.8, 4) is 0 Å². The third-order valence-electron chi connectivity index (χ3n) is 6.54. The Kier molecular flexibility index (Phi) is 6.16. The van der Waals surface area contributed by atoms with E-state index in [2.05, 4.69) is 25.9 Å². The molecule has 0 radical (unpaired) electrons. The van der Waals surface area contributed by atoms with Crippen LogP contribution >= 0.6 is 11.3 Å². The topological polar surface area (TPSA) is 80.0 Å². The summed E-state index contributed by atoms with van der Waals surface area (Å²) in [5.41, 5.74) is 0.433. The molecule has 2 aliphatic rings. The van der Waals surface area contributed by atoms with E-state index in [1.54, 1.807) is 0 Å². The lowest BCUT2D eigenvalue weighted by Gasteiger charge is -2.35. The Morgan fingerprint density at radius 1 is 1.16 bits per heavy atom. The molecular weight excluding hydrogens is 414 g/mol. The Morgan fingerprint density at radius 3 is 2.45 bits per heavy atom. The van der Waals surface area contributed by atoms with Crippen molar-refractivity contribution in [3.63, 3.8) is 0 Å². The van der Waals surface area contributed by atoms with Crippen molar-refractivity contribution in [3.05, 3.63) is 27.1 Å². The van der Waals surface area contributed by atoms with Gasteiger partial charge in [-0.3, -0.25) is 19.0 Å². The maximum absolute atomic E-state index is 13.2. The van der Waals surface area contributed by atoms with Crippen molar-refractivity contribution in [2.75, 3.05) is 46.3 Å². The summed E-state index contributed by atoms with van der Waals surface area (Å²) in [5, 5.41) is 0.462. The average Bonchev–Trinajstić information content (AvgIpc) is 3.06. The molecule has 8 nitrogen and oxygen atoms in total. The first kappa shape index (κ1) is 22.0. The monoisotopic (exact) mass is 446 g/mol. The van der Waals surface area contributed by atoms with Gasteiger partial charge in [0.2, 0.25) is 5.91 Å². The maximum Gasteiger partial charge on any atom is 0.264 e. The highest BCUT2D eigenvalue weighted by Crippen LogP contribution is 2.28. The molecule has 2 saturated heterocycles. The Balaban J connectivity index is 1.58. The summed E-state index contributed by atoms with van der Waals surface area (Å²) >= 11 is 1.28. The minimum Gasteiger partial charge on any atom is -0.341 e. The summed E-state index contributed by atoms with van der Waals surface area (Å²) in [6.07, 6.45) is 2.57. The Bertz CT molecular complexity index is 1040. The van der Waals surface area contributed by atoms with Crippen LogP contribution < -0.4 is 10.5 Å². The number of quaternary nitrogens is 1. The van der Waals surface area contributed by atoms with Gasteiger partial charge in [-0.25, -0.2) is 4.98 Å². The van der Waals surface area contributed by atoms with E-state index in [0.717, 1.165) is 45.7 Å². The minimum atomic E-state index is -0.243. The van der Waals surface area contributed by atoms with Crippen LogP contribution in [0.4, 0.5) is 0 Å². The predicted molar refractivity (Wildman–Crippen MR) is 121 cm³/mol. The van der Waals surface area contributed by atoms with Gasteiger partial charge in [-0.2, -0.15) is 0 Å². The molecule has 0 aromatic carbocycles. The van der Waals surface area contributed by atoms with Gasteiger partial charge in [0, 0.05) is 13.1 Å². The van der Waals surface area contributed by atoms with Crippen LogP contribution in [0.3, 0.4) is 0 Å². The molecule has 2 aliphatic heterocycles. The zero-order valence-corrected chi connectivity index (χ0v) is 19.6. The molecule has 1 N–H and O–H groups in total. The first-order valence-electron chi connectivity index (χ1n) is 11.1. The van der Waals surface area contributed by atoms with Crippen LogP contribution in [0, 0.1) is 18.8 Å². The number of aromatic nitrogens is 2. The van der Waals surface area contributed by atoms with E-state index in [1.165, 1.54) is 27.1 Å². The number of thiophene rings is 1. The van der Waals surface area contributed by atoms with Gasteiger partial charge < -0.3 is 14.7 Å². The number of likely N-dealkylation sites (N-methyl/N-ethyl adjacent to an activating group) is 1. The number of amides is 2. The highest BCUT2D eigenvalue weighted by molar-refractivity contribution is 7.20. The zero-order chi connectivity index (χ0) is 22.3. The van der Waals surface area contributed by atoms with Crippen LogP contribution in [-0.2, 0) is 11.3 Å². The second kappa shape index (κ2) is 8.70. The number of hydrogen-bond donors (Lipinski definition) is 1. The summed E-state index contributed by atoms with van der Waals surface area (Å²) in [6, 6.07) is 0. The van der Waals surface area contributed by atoms with Crippen molar-refractivity contribution in [1.29, 1.82) is 0 Å². The Hall–Kier alpha value is -2.26.